The molecular weight excluding hydrogens is 284 g/mol. The Balaban J connectivity index is 2.15. The Kier molecular flexibility index (Phi) is 3.88. The third-order valence-corrected chi connectivity index (χ3v) is 5.34. The molecule has 112 valence electrons. The fourth-order valence-corrected chi connectivity index (χ4v) is 3.95. The standard InChI is InChI=1S/C12H18N2O5S/c1-9-6-10(13-19-9)7-20(17,18)14-5-3-4-12(2,8-14)11(15)16/h6H,3-5,7-8H2,1-2H3,(H,15,16). The van der Waals surface area contributed by atoms with Crippen molar-refractivity contribution in [2.75, 3.05) is 13.1 Å². The van der Waals surface area contributed by atoms with Crippen molar-refractivity contribution < 1.29 is 22.8 Å². The van der Waals surface area contributed by atoms with E-state index in [-0.39, 0.29) is 12.3 Å². The number of carboxylic acid groups (broad SMARTS) is 1. The summed E-state index contributed by atoms with van der Waals surface area (Å²) in [5.74, 6) is -0.682. The van der Waals surface area contributed by atoms with Crippen molar-refractivity contribution in [1.29, 1.82) is 0 Å². The Hall–Kier alpha value is -1.41. The van der Waals surface area contributed by atoms with Gasteiger partial charge in [-0.2, -0.15) is 0 Å². The van der Waals surface area contributed by atoms with Crippen LogP contribution in [0.3, 0.4) is 0 Å². The zero-order valence-electron chi connectivity index (χ0n) is 11.5. The minimum Gasteiger partial charge on any atom is -0.481 e. The van der Waals surface area contributed by atoms with Gasteiger partial charge in [-0.15, -0.1) is 0 Å². The SMILES string of the molecule is Cc1cc(CS(=O)(=O)N2CCCC(C)(C(=O)O)C2)no1. The molecule has 1 N–H and O–H groups in total. The molecule has 0 spiro atoms. The molecule has 20 heavy (non-hydrogen) atoms. The highest BCUT2D eigenvalue weighted by Crippen LogP contribution is 2.31. The molecule has 8 heteroatoms. The lowest BCUT2D eigenvalue weighted by Gasteiger charge is -2.36. The number of nitrogens with zero attached hydrogens (tertiary/aromatic N) is 2. The van der Waals surface area contributed by atoms with Gasteiger partial charge in [-0.3, -0.25) is 4.79 Å². The normalized spacial score (nSPS) is 24.7. The van der Waals surface area contributed by atoms with Crippen LogP contribution in [0.4, 0.5) is 0 Å². The zero-order valence-corrected chi connectivity index (χ0v) is 12.3. The predicted octanol–water partition coefficient (Wildman–Crippen LogP) is 1.000. The summed E-state index contributed by atoms with van der Waals surface area (Å²) in [6, 6.07) is 1.57. The average Bonchev–Trinajstić information content (AvgIpc) is 2.74. The Bertz CT molecular complexity index is 609. The van der Waals surface area contributed by atoms with E-state index in [2.05, 4.69) is 5.16 Å². The molecule has 0 aliphatic carbocycles. The molecule has 0 radical (unpaired) electrons. The van der Waals surface area contributed by atoms with Gasteiger partial charge in [-0.05, 0) is 26.7 Å². The molecule has 2 rings (SSSR count). The molecule has 1 unspecified atom stereocenters. The van der Waals surface area contributed by atoms with Crippen molar-refractivity contribution in [2.45, 2.75) is 32.4 Å². The van der Waals surface area contributed by atoms with Gasteiger partial charge in [0.2, 0.25) is 10.0 Å². The number of rotatable bonds is 4. The highest BCUT2D eigenvalue weighted by molar-refractivity contribution is 7.88. The lowest BCUT2D eigenvalue weighted by atomic mass is 9.83. The monoisotopic (exact) mass is 302 g/mol. The van der Waals surface area contributed by atoms with Gasteiger partial charge in [0.15, 0.2) is 0 Å². The van der Waals surface area contributed by atoms with Crippen molar-refractivity contribution in [2.24, 2.45) is 5.41 Å². The largest absolute Gasteiger partial charge is 0.481 e. The zero-order chi connectivity index (χ0) is 15.0. The van der Waals surface area contributed by atoms with E-state index < -0.39 is 21.4 Å². The average molecular weight is 302 g/mol. The van der Waals surface area contributed by atoms with Crippen LogP contribution < -0.4 is 0 Å². The summed E-state index contributed by atoms with van der Waals surface area (Å²) >= 11 is 0. The second-order valence-corrected chi connectivity index (χ2v) is 7.46. The Morgan fingerprint density at radius 2 is 2.30 bits per heavy atom. The molecule has 1 aromatic heterocycles. The van der Waals surface area contributed by atoms with E-state index >= 15 is 0 Å². The molecule has 1 fully saturated rings. The van der Waals surface area contributed by atoms with Gasteiger partial charge in [0.25, 0.3) is 0 Å². The molecule has 0 saturated carbocycles. The molecule has 1 aromatic rings. The van der Waals surface area contributed by atoms with Crippen molar-refractivity contribution in [3.05, 3.63) is 17.5 Å². The summed E-state index contributed by atoms with van der Waals surface area (Å²) in [5, 5.41) is 12.9. The lowest BCUT2D eigenvalue weighted by Crippen LogP contribution is -2.48. The van der Waals surface area contributed by atoms with E-state index in [1.54, 1.807) is 19.9 Å². The van der Waals surface area contributed by atoms with Gasteiger partial charge in [0.1, 0.15) is 17.2 Å². The Morgan fingerprint density at radius 3 is 2.85 bits per heavy atom. The van der Waals surface area contributed by atoms with Gasteiger partial charge in [-0.25, -0.2) is 12.7 Å². The van der Waals surface area contributed by atoms with Crippen molar-refractivity contribution in [3.8, 4) is 0 Å². The van der Waals surface area contributed by atoms with Gasteiger partial charge < -0.3 is 9.63 Å². The Morgan fingerprint density at radius 1 is 1.60 bits per heavy atom. The summed E-state index contributed by atoms with van der Waals surface area (Å²) in [6.07, 6.45) is 1.03. The van der Waals surface area contributed by atoms with E-state index in [0.29, 0.717) is 30.8 Å². The third-order valence-electron chi connectivity index (χ3n) is 3.58. The number of hydrogen-bond donors (Lipinski definition) is 1. The first-order chi connectivity index (χ1) is 9.23. The summed E-state index contributed by atoms with van der Waals surface area (Å²) < 4.78 is 30.7. The molecule has 1 atom stereocenters. The van der Waals surface area contributed by atoms with E-state index in [4.69, 9.17) is 4.52 Å². The van der Waals surface area contributed by atoms with Crippen LogP contribution in [0.5, 0.6) is 0 Å². The van der Waals surface area contributed by atoms with Crippen LogP contribution in [0.2, 0.25) is 0 Å². The second kappa shape index (κ2) is 5.17. The number of aryl methyl sites for hydroxylation is 1. The minimum atomic E-state index is -3.58. The van der Waals surface area contributed by atoms with Crippen LogP contribution in [0, 0.1) is 12.3 Å². The number of carboxylic acids is 1. The van der Waals surface area contributed by atoms with Crippen LogP contribution in [0.25, 0.3) is 0 Å². The summed E-state index contributed by atoms with van der Waals surface area (Å²) in [6.45, 7) is 3.62. The predicted molar refractivity (Wildman–Crippen MR) is 70.4 cm³/mol. The molecule has 0 bridgehead atoms. The van der Waals surface area contributed by atoms with Crippen LogP contribution in [-0.4, -0.2) is 42.0 Å². The first-order valence-corrected chi connectivity index (χ1v) is 7.97. The van der Waals surface area contributed by atoms with Crippen LogP contribution in [-0.2, 0) is 20.6 Å². The lowest BCUT2D eigenvalue weighted by molar-refractivity contribution is -0.150. The van der Waals surface area contributed by atoms with Gasteiger partial charge in [0, 0.05) is 19.2 Å². The van der Waals surface area contributed by atoms with Crippen molar-refractivity contribution in [3.63, 3.8) is 0 Å². The number of carbonyl (C=O) groups is 1. The van der Waals surface area contributed by atoms with E-state index in [1.807, 2.05) is 0 Å². The Labute approximate surface area is 117 Å². The summed E-state index contributed by atoms with van der Waals surface area (Å²) in [4.78, 5) is 11.3. The number of aliphatic carboxylic acids is 1. The van der Waals surface area contributed by atoms with E-state index in [0.717, 1.165) is 0 Å². The maximum Gasteiger partial charge on any atom is 0.310 e. The van der Waals surface area contributed by atoms with Crippen LogP contribution >= 0.6 is 0 Å². The molecule has 7 nitrogen and oxygen atoms in total. The second-order valence-electron chi connectivity index (χ2n) is 5.49. The number of sulfonamides is 1. The molecule has 2 heterocycles. The fraction of sp³-hybridized carbons (Fsp3) is 0.667. The van der Waals surface area contributed by atoms with Crippen LogP contribution in [0.1, 0.15) is 31.2 Å². The van der Waals surface area contributed by atoms with E-state index in [1.165, 1.54) is 4.31 Å². The first kappa shape index (κ1) is 15.0. The number of aromatic nitrogens is 1. The molecule has 0 amide bonds. The van der Waals surface area contributed by atoms with Gasteiger partial charge in [-0.1, -0.05) is 5.16 Å². The van der Waals surface area contributed by atoms with Gasteiger partial charge >= 0.3 is 5.97 Å². The maximum atomic E-state index is 12.3. The molecule has 0 aromatic carbocycles. The molecule has 1 aliphatic rings. The summed E-state index contributed by atoms with van der Waals surface area (Å²) in [5.41, 5.74) is -0.685. The van der Waals surface area contributed by atoms with Crippen molar-refractivity contribution in [1.82, 2.24) is 9.46 Å². The fourth-order valence-electron chi connectivity index (χ4n) is 2.37. The summed E-state index contributed by atoms with van der Waals surface area (Å²) in [7, 11) is -3.58. The topological polar surface area (TPSA) is 101 Å². The third kappa shape index (κ3) is 3.01. The van der Waals surface area contributed by atoms with Crippen molar-refractivity contribution >= 4 is 16.0 Å². The van der Waals surface area contributed by atoms with Gasteiger partial charge in [0.05, 0.1) is 5.41 Å². The quantitative estimate of drug-likeness (QED) is 0.890. The molecule has 1 aliphatic heterocycles. The van der Waals surface area contributed by atoms with E-state index in [9.17, 15) is 18.3 Å². The maximum absolute atomic E-state index is 12.3. The first-order valence-electron chi connectivity index (χ1n) is 6.36. The number of hydrogen-bond acceptors (Lipinski definition) is 5. The number of piperidine rings is 1. The minimum absolute atomic E-state index is 0.00149. The highest BCUT2D eigenvalue weighted by Gasteiger charge is 2.41. The smallest absolute Gasteiger partial charge is 0.310 e. The molecular formula is C12H18N2O5S. The van der Waals surface area contributed by atoms with Crippen LogP contribution in [0.15, 0.2) is 10.6 Å². The molecule has 1 saturated heterocycles. The highest BCUT2D eigenvalue weighted by atomic mass is 32.2.